The average molecular weight is 941 g/mol. The molecule has 1 aliphatic carbocycles. The second-order valence-corrected chi connectivity index (χ2v) is 24.9. The molecule has 3 heterocycles. The highest BCUT2D eigenvalue weighted by atomic mass is 16.1. The van der Waals surface area contributed by atoms with Crippen LogP contribution in [0.25, 0.3) is 0 Å². The predicted octanol–water partition coefficient (Wildman–Crippen LogP) is 15.9. The Labute approximate surface area is 418 Å². The van der Waals surface area contributed by atoms with E-state index in [1.807, 2.05) is 0 Å². The van der Waals surface area contributed by atoms with Gasteiger partial charge in [0.1, 0.15) is 17.3 Å². The van der Waals surface area contributed by atoms with Crippen LogP contribution in [0.2, 0.25) is 0 Å². The largest absolute Gasteiger partial charge is 0.307 e. The summed E-state index contributed by atoms with van der Waals surface area (Å²) in [5, 5.41) is 10.7. The van der Waals surface area contributed by atoms with Crippen molar-refractivity contribution in [3.05, 3.63) is 0 Å². The molecule has 6 nitrogen and oxygen atoms in total. The fourth-order valence-electron chi connectivity index (χ4n) is 12.3. The van der Waals surface area contributed by atoms with Gasteiger partial charge in [0, 0.05) is 19.3 Å². The Morgan fingerprint density at radius 3 is 1.31 bits per heavy atom. The van der Waals surface area contributed by atoms with Crippen LogP contribution < -0.4 is 16.0 Å². The number of hydrogen-bond donors (Lipinski definition) is 3. The lowest BCUT2D eigenvalue weighted by atomic mass is 9.82. The maximum absolute atomic E-state index is 12.7. The molecule has 0 amide bonds. The average Bonchev–Trinajstić information content (AvgIpc) is 3.65. The first kappa shape index (κ1) is 62.0. The number of carbonyl (C=O) groups is 3. The molecule has 11 atom stereocenters. The Morgan fingerprint density at radius 2 is 0.836 bits per heavy atom. The van der Waals surface area contributed by atoms with Gasteiger partial charge in [0.15, 0.2) is 0 Å². The van der Waals surface area contributed by atoms with E-state index in [0.29, 0.717) is 52.9 Å². The van der Waals surface area contributed by atoms with Crippen LogP contribution in [0, 0.1) is 65.1 Å². The van der Waals surface area contributed by atoms with Crippen molar-refractivity contribution in [3.63, 3.8) is 0 Å². The van der Waals surface area contributed by atoms with Gasteiger partial charge in [0.05, 0.1) is 18.1 Å². The molecule has 0 bridgehead atoms. The van der Waals surface area contributed by atoms with Crippen molar-refractivity contribution >= 4 is 17.3 Å². The van der Waals surface area contributed by atoms with Crippen LogP contribution in [0.3, 0.4) is 0 Å². The smallest absolute Gasteiger partial charge is 0.150 e. The molecule has 3 N–H and O–H groups in total. The molecular weight excluding hydrogens is 823 g/mol. The predicted molar refractivity (Wildman–Crippen MR) is 291 cm³/mol. The van der Waals surface area contributed by atoms with Gasteiger partial charge in [-0.1, -0.05) is 192 Å². The highest BCUT2D eigenvalue weighted by Gasteiger charge is 2.35. The van der Waals surface area contributed by atoms with E-state index in [1.165, 1.54) is 148 Å². The summed E-state index contributed by atoms with van der Waals surface area (Å²) >= 11 is 0. The number of ketones is 3. The van der Waals surface area contributed by atoms with E-state index >= 15 is 0 Å². The van der Waals surface area contributed by atoms with E-state index in [-0.39, 0.29) is 18.1 Å². The van der Waals surface area contributed by atoms with Gasteiger partial charge in [-0.3, -0.25) is 14.4 Å². The molecule has 67 heavy (non-hydrogen) atoms. The Kier molecular flexibility index (Phi) is 34.0. The van der Waals surface area contributed by atoms with Crippen molar-refractivity contribution in [1.82, 2.24) is 16.0 Å². The van der Waals surface area contributed by atoms with Gasteiger partial charge in [0.25, 0.3) is 0 Å². The minimum Gasteiger partial charge on any atom is -0.307 e. The number of carbonyl (C=O) groups excluding carboxylic acids is 3. The summed E-state index contributed by atoms with van der Waals surface area (Å²) in [5.74, 6) is 9.31. The van der Waals surface area contributed by atoms with Crippen LogP contribution in [0.4, 0.5) is 0 Å². The van der Waals surface area contributed by atoms with E-state index in [0.717, 1.165) is 87.7 Å². The quantitative estimate of drug-likeness (QED) is 0.191. The van der Waals surface area contributed by atoms with Crippen LogP contribution in [-0.4, -0.2) is 55.1 Å². The topological polar surface area (TPSA) is 87.3 Å². The second-order valence-electron chi connectivity index (χ2n) is 24.9. The SMILES string of the molecule is CCC1CC2CCCCN[C@@H](CC(C)C)C(=O)CC(C)CC2C1.CCC1CCCCCCN[C@@H](CC(C)C)C(=O)CC(C)CC1.CCCCC1CCCCN[C@@H](CC(C)C)C(=O)CC(C)CC1. The highest BCUT2D eigenvalue weighted by Crippen LogP contribution is 2.44. The van der Waals surface area contributed by atoms with Crippen LogP contribution >= 0.6 is 0 Å². The van der Waals surface area contributed by atoms with Gasteiger partial charge in [-0.25, -0.2) is 0 Å². The molecule has 4 rings (SSSR count). The summed E-state index contributed by atoms with van der Waals surface area (Å²) < 4.78 is 0. The monoisotopic (exact) mass is 940 g/mol. The molecule has 0 aromatic carbocycles. The highest BCUT2D eigenvalue weighted by molar-refractivity contribution is 5.85. The van der Waals surface area contributed by atoms with Crippen molar-refractivity contribution in [2.45, 2.75) is 287 Å². The minimum absolute atomic E-state index is 0.0902. The van der Waals surface area contributed by atoms with Gasteiger partial charge in [0.2, 0.25) is 0 Å². The van der Waals surface area contributed by atoms with Gasteiger partial charge in [-0.2, -0.15) is 0 Å². The van der Waals surface area contributed by atoms with E-state index < -0.39 is 0 Å². The third-order valence-electron chi connectivity index (χ3n) is 16.6. The fourth-order valence-corrected chi connectivity index (χ4v) is 12.3. The maximum Gasteiger partial charge on any atom is 0.150 e. The summed E-state index contributed by atoms with van der Waals surface area (Å²) in [4.78, 5) is 37.9. The van der Waals surface area contributed by atoms with Gasteiger partial charge < -0.3 is 16.0 Å². The van der Waals surface area contributed by atoms with E-state index in [1.54, 1.807) is 0 Å². The molecule has 0 aromatic heterocycles. The fraction of sp³-hybridized carbons (Fsp3) is 0.951. The number of rotatable bonds is 11. The van der Waals surface area contributed by atoms with Crippen LogP contribution in [0.5, 0.6) is 0 Å². The van der Waals surface area contributed by atoms with Crippen molar-refractivity contribution in [1.29, 1.82) is 0 Å². The molecular formula is C61H117N3O3. The Morgan fingerprint density at radius 1 is 0.433 bits per heavy atom. The first-order valence-electron chi connectivity index (χ1n) is 29.8. The summed E-state index contributed by atoms with van der Waals surface area (Å²) in [6.45, 7) is 30.2. The molecule has 0 radical (unpaired) electrons. The number of Topliss-reactive ketones (excluding diaryl/α,β-unsaturated/α-hetero) is 3. The van der Waals surface area contributed by atoms with E-state index in [2.05, 4.69) is 99.0 Å². The Bertz CT molecular complexity index is 1270. The van der Waals surface area contributed by atoms with E-state index in [4.69, 9.17) is 0 Å². The molecule has 0 spiro atoms. The maximum atomic E-state index is 12.7. The standard InChI is InChI=1S/C21H39NO.2C20H39NO/c1-5-17-13-18-8-6-7-9-22-20(10-15(2)3)21(23)12-16(4)11-19(18)14-17;1-5-18-10-8-6-7-9-13-21-19(14-16(2)3)20(22)15-17(4)11-12-18;1-5-6-9-18-10-7-8-13-21-19(14-16(2)3)20(22)15-17(4)11-12-18/h15-20,22H,5-14H2,1-4H3;2*16-19,21H,5-15H2,1-4H3/t16?,17?,18?,19?,20-;2*17?,18?,19-/m000/s1. The summed E-state index contributed by atoms with van der Waals surface area (Å²) in [7, 11) is 0. The Balaban J connectivity index is 0.000000345. The van der Waals surface area contributed by atoms with Crippen LogP contribution in [0.15, 0.2) is 0 Å². The summed E-state index contributed by atoms with van der Waals surface area (Å²) in [6, 6.07) is 0.282. The molecule has 3 aliphatic heterocycles. The molecule has 0 aromatic rings. The van der Waals surface area contributed by atoms with Crippen molar-refractivity contribution < 1.29 is 14.4 Å². The molecule has 4 fully saturated rings. The van der Waals surface area contributed by atoms with Gasteiger partial charge >= 0.3 is 0 Å². The lowest BCUT2D eigenvalue weighted by Gasteiger charge is -2.26. The van der Waals surface area contributed by atoms with Crippen LogP contribution in [-0.2, 0) is 14.4 Å². The molecule has 394 valence electrons. The third kappa shape index (κ3) is 28.5. The summed E-state index contributed by atoms with van der Waals surface area (Å²) in [5.41, 5.74) is 0. The zero-order valence-corrected chi connectivity index (χ0v) is 46.9. The first-order valence-corrected chi connectivity index (χ1v) is 29.8. The number of fused-ring (bicyclic) bond motifs is 1. The first-order chi connectivity index (χ1) is 32.0. The number of unbranched alkanes of at least 4 members (excludes halogenated alkanes) is 1. The molecule has 8 unspecified atom stereocenters. The van der Waals surface area contributed by atoms with Crippen molar-refractivity contribution in [3.8, 4) is 0 Å². The van der Waals surface area contributed by atoms with Crippen molar-refractivity contribution in [2.75, 3.05) is 19.6 Å². The van der Waals surface area contributed by atoms with E-state index in [9.17, 15) is 14.4 Å². The van der Waals surface area contributed by atoms with Crippen LogP contribution in [0.1, 0.15) is 269 Å². The lowest BCUT2D eigenvalue weighted by Crippen LogP contribution is -2.39. The molecule has 6 heteroatoms. The van der Waals surface area contributed by atoms with Gasteiger partial charge in [-0.05, 0) is 143 Å². The van der Waals surface area contributed by atoms with Crippen molar-refractivity contribution in [2.24, 2.45) is 65.1 Å². The molecule has 3 saturated heterocycles. The zero-order chi connectivity index (χ0) is 49.6. The summed E-state index contributed by atoms with van der Waals surface area (Å²) in [6.07, 6.45) is 35.8. The molecule has 4 aliphatic rings. The Hall–Kier alpha value is -1.11. The number of hydrogen-bond acceptors (Lipinski definition) is 6. The normalized spacial score (nSPS) is 32.3. The third-order valence-corrected chi connectivity index (χ3v) is 16.6. The second kappa shape index (κ2) is 36.8. The van der Waals surface area contributed by atoms with Gasteiger partial charge in [-0.15, -0.1) is 0 Å². The number of nitrogens with one attached hydrogen (secondary N) is 3. The lowest BCUT2D eigenvalue weighted by molar-refractivity contribution is -0.123. The zero-order valence-electron chi connectivity index (χ0n) is 46.9. The molecule has 1 saturated carbocycles. The minimum atomic E-state index is 0.0902.